The predicted molar refractivity (Wildman–Crippen MR) is 96.1 cm³/mol. The number of hydrogen-bond donors (Lipinski definition) is 0. The van der Waals surface area contributed by atoms with E-state index in [4.69, 9.17) is 9.47 Å². The molecule has 3 rings (SSSR count). The largest absolute Gasteiger partial charge is 0.469 e. The van der Waals surface area contributed by atoms with Gasteiger partial charge in [-0.15, -0.1) is 0 Å². The van der Waals surface area contributed by atoms with Crippen LogP contribution in [0, 0.1) is 16.7 Å². The minimum atomic E-state index is -0.530. The highest BCUT2D eigenvalue weighted by Crippen LogP contribution is 2.65. The molecule has 4 unspecified atom stereocenters. The first-order valence-electron chi connectivity index (χ1n) is 9.49. The third-order valence-corrected chi connectivity index (χ3v) is 7.31. The average Bonchev–Trinajstić information content (AvgIpc) is 2.84. The Balaban J connectivity index is 2.05. The zero-order valence-electron chi connectivity index (χ0n) is 16.5. The molecule has 4 heteroatoms. The Morgan fingerprint density at radius 1 is 1.20 bits per heavy atom. The zero-order chi connectivity index (χ0) is 18.7. The van der Waals surface area contributed by atoms with Gasteiger partial charge >= 0.3 is 5.97 Å². The number of methoxy groups -OCH3 is 1. The molecule has 1 aliphatic heterocycles. The van der Waals surface area contributed by atoms with Crippen molar-refractivity contribution in [3.05, 3.63) is 11.6 Å². The number of hydrogen-bond acceptors (Lipinski definition) is 4. The number of carbonyl (C=O) groups excluding carboxylic acids is 2. The predicted octanol–water partition coefficient (Wildman–Crippen LogP) is 4.22. The lowest BCUT2D eigenvalue weighted by atomic mass is 9.46. The Morgan fingerprint density at radius 2 is 1.88 bits per heavy atom. The van der Waals surface area contributed by atoms with Crippen molar-refractivity contribution in [3.63, 3.8) is 0 Å². The molecule has 4 atom stereocenters. The topological polar surface area (TPSA) is 52.6 Å². The van der Waals surface area contributed by atoms with Crippen LogP contribution in [0.15, 0.2) is 11.6 Å². The van der Waals surface area contributed by atoms with Gasteiger partial charge in [0.1, 0.15) is 0 Å². The molecule has 2 aliphatic carbocycles. The fraction of sp³-hybridized carbons (Fsp3) is 0.810. The Bertz CT molecular complexity index is 634. The Kier molecular flexibility index (Phi) is 4.22. The summed E-state index contributed by atoms with van der Waals surface area (Å²) in [5.41, 5.74) is -0.205. The molecule has 1 saturated heterocycles. The maximum atomic E-state index is 13.0. The lowest BCUT2D eigenvalue weighted by Crippen LogP contribution is -2.62. The zero-order valence-corrected chi connectivity index (χ0v) is 16.5. The van der Waals surface area contributed by atoms with Crippen LogP contribution in [-0.2, 0) is 19.1 Å². The summed E-state index contributed by atoms with van der Waals surface area (Å²) in [6.07, 6.45) is 6.93. The van der Waals surface area contributed by atoms with Gasteiger partial charge in [-0.3, -0.25) is 9.59 Å². The van der Waals surface area contributed by atoms with Gasteiger partial charge in [0.05, 0.1) is 24.7 Å². The van der Waals surface area contributed by atoms with Crippen molar-refractivity contribution in [1.82, 2.24) is 0 Å². The molecule has 0 radical (unpaired) electrons. The van der Waals surface area contributed by atoms with Gasteiger partial charge in [0.15, 0.2) is 5.78 Å². The smallest absolute Gasteiger partial charge is 0.308 e. The number of ketones is 1. The van der Waals surface area contributed by atoms with Crippen LogP contribution in [0.2, 0.25) is 0 Å². The van der Waals surface area contributed by atoms with Gasteiger partial charge in [-0.05, 0) is 56.6 Å². The van der Waals surface area contributed by atoms with E-state index in [9.17, 15) is 9.59 Å². The number of carbonyl (C=O) groups is 2. The molecule has 3 aliphatic rings. The Morgan fingerprint density at radius 3 is 2.52 bits per heavy atom. The highest BCUT2D eigenvalue weighted by Gasteiger charge is 2.66. The van der Waals surface area contributed by atoms with Crippen molar-refractivity contribution in [3.8, 4) is 0 Å². The Hall–Kier alpha value is -1.16. The second-order valence-corrected chi connectivity index (χ2v) is 9.55. The standard InChI is InChI=1S/C21H32O4/c1-14-12-15(22)17-18(2,3)8-7-9-20(17,5)21(14)11-10-19(4,25-21)13-16(23)24-6/h12,17H,7-11,13H2,1-6H3. The summed E-state index contributed by atoms with van der Waals surface area (Å²) in [6.45, 7) is 10.7. The van der Waals surface area contributed by atoms with Crippen LogP contribution in [0.25, 0.3) is 0 Å². The molecule has 0 amide bonds. The van der Waals surface area contributed by atoms with Gasteiger partial charge < -0.3 is 9.47 Å². The van der Waals surface area contributed by atoms with Crippen molar-refractivity contribution in [2.75, 3.05) is 7.11 Å². The highest BCUT2D eigenvalue weighted by atomic mass is 16.5. The molecule has 0 aromatic rings. The molecule has 0 bridgehead atoms. The maximum Gasteiger partial charge on any atom is 0.308 e. The number of ether oxygens (including phenoxy) is 2. The minimum absolute atomic E-state index is 0.0288. The van der Waals surface area contributed by atoms with Gasteiger partial charge in [0.2, 0.25) is 0 Å². The van der Waals surface area contributed by atoms with Crippen LogP contribution in [0.1, 0.15) is 73.1 Å². The first-order valence-corrected chi connectivity index (χ1v) is 9.49. The van der Waals surface area contributed by atoms with Gasteiger partial charge in [0.25, 0.3) is 0 Å². The summed E-state index contributed by atoms with van der Waals surface area (Å²) in [5, 5.41) is 0. The number of esters is 1. The second-order valence-electron chi connectivity index (χ2n) is 9.55. The summed E-state index contributed by atoms with van der Waals surface area (Å²) >= 11 is 0. The van der Waals surface area contributed by atoms with Gasteiger partial charge in [-0.2, -0.15) is 0 Å². The van der Waals surface area contributed by atoms with Crippen molar-refractivity contribution in [1.29, 1.82) is 0 Å². The normalized spacial score (nSPS) is 42.9. The molecular weight excluding hydrogens is 316 g/mol. The lowest BCUT2D eigenvalue weighted by Gasteiger charge is -2.60. The molecule has 140 valence electrons. The minimum Gasteiger partial charge on any atom is -0.469 e. The van der Waals surface area contributed by atoms with E-state index < -0.39 is 11.2 Å². The summed E-state index contributed by atoms with van der Waals surface area (Å²) in [7, 11) is 1.42. The maximum absolute atomic E-state index is 13.0. The summed E-state index contributed by atoms with van der Waals surface area (Å²) in [5.74, 6) is -0.0165. The molecular formula is C21H32O4. The van der Waals surface area contributed by atoms with Crippen LogP contribution in [0.4, 0.5) is 0 Å². The monoisotopic (exact) mass is 348 g/mol. The molecule has 1 saturated carbocycles. The number of fused-ring (bicyclic) bond motifs is 2. The fourth-order valence-electron chi connectivity index (χ4n) is 6.21. The summed E-state index contributed by atoms with van der Waals surface area (Å²) < 4.78 is 11.6. The molecule has 0 N–H and O–H groups in total. The van der Waals surface area contributed by atoms with Crippen molar-refractivity contribution in [2.45, 2.75) is 84.3 Å². The number of allylic oxidation sites excluding steroid dienone is 1. The van der Waals surface area contributed by atoms with E-state index in [1.165, 1.54) is 7.11 Å². The van der Waals surface area contributed by atoms with Crippen LogP contribution in [-0.4, -0.2) is 30.1 Å². The van der Waals surface area contributed by atoms with E-state index in [1.54, 1.807) is 0 Å². The number of rotatable bonds is 2. The quantitative estimate of drug-likeness (QED) is 0.701. The molecule has 2 fully saturated rings. The molecule has 0 aromatic heterocycles. The molecule has 1 heterocycles. The van der Waals surface area contributed by atoms with Crippen LogP contribution in [0.5, 0.6) is 0 Å². The van der Waals surface area contributed by atoms with E-state index in [0.29, 0.717) is 0 Å². The van der Waals surface area contributed by atoms with E-state index in [-0.39, 0.29) is 34.9 Å². The second kappa shape index (κ2) is 5.67. The van der Waals surface area contributed by atoms with E-state index in [1.807, 2.05) is 19.9 Å². The highest BCUT2D eigenvalue weighted by molar-refractivity contribution is 5.95. The van der Waals surface area contributed by atoms with Gasteiger partial charge in [-0.1, -0.05) is 27.2 Å². The third-order valence-electron chi connectivity index (χ3n) is 7.31. The molecule has 4 nitrogen and oxygen atoms in total. The molecule has 1 spiro atoms. The van der Waals surface area contributed by atoms with Crippen molar-refractivity contribution in [2.24, 2.45) is 16.7 Å². The fourth-order valence-corrected chi connectivity index (χ4v) is 6.21. The Labute approximate surface area is 151 Å². The van der Waals surface area contributed by atoms with Crippen LogP contribution < -0.4 is 0 Å². The third kappa shape index (κ3) is 2.59. The molecule has 25 heavy (non-hydrogen) atoms. The lowest BCUT2D eigenvalue weighted by molar-refractivity contribution is -0.194. The molecule has 0 aromatic carbocycles. The van der Waals surface area contributed by atoms with E-state index in [2.05, 4.69) is 20.8 Å². The van der Waals surface area contributed by atoms with Crippen molar-refractivity contribution >= 4 is 11.8 Å². The summed E-state index contributed by atoms with van der Waals surface area (Å²) in [4.78, 5) is 24.9. The van der Waals surface area contributed by atoms with Crippen molar-refractivity contribution < 1.29 is 19.1 Å². The summed E-state index contributed by atoms with van der Waals surface area (Å²) in [6, 6.07) is 0. The van der Waals surface area contributed by atoms with Gasteiger partial charge in [0, 0.05) is 11.3 Å². The first-order chi connectivity index (χ1) is 11.5. The van der Waals surface area contributed by atoms with Gasteiger partial charge in [-0.25, -0.2) is 0 Å². The average molecular weight is 348 g/mol. The SMILES string of the molecule is COC(=O)CC1(C)CCC2(O1)C(C)=CC(=O)C1C(C)(C)CCCC12C. The van der Waals surface area contributed by atoms with E-state index in [0.717, 1.165) is 37.7 Å². The first kappa shape index (κ1) is 18.6. The van der Waals surface area contributed by atoms with Crippen LogP contribution >= 0.6 is 0 Å². The van der Waals surface area contributed by atoms with E-state index >= 15 is 0 Å². The van der Waals surface area contributed by atoms with Crippen LogP contribution in [0.3, 0.4) is 0 Å².